The quantitative estimate of drug-likeness (QED) is 0.107. The fourth-order valence-electron chi connectivity index (χ4n) is 9.87. The monoisotopic (exact) mass is 939 g/mol. The van der Waals surface area contributed by atoms with E-state index in [1.807, 2.05) is 6.20 Å². The molecule has 0 N–H and O–H groups in total. The lowest BCUT2D eigenvalue weighted by molar-refractivity contribution is -0.599. The van der Waals surface area contributed by atoms with Gasteiger partial charge in [0.2, 0.25) is 0 Å². The largest absolute Gasteiger partial charge is 0.458 e. The van der Waals surface area contributed by atoms with Gasteiger partial charge < -0.3 is 4.74 Å². The fraction of sp³-hybridized carbons (Fsp3) is 0.333. The van der Waals surface area contributed by atoms with E-state index in [2.05, 4.69) is 283 Å². The molecule has 0 aliphatic heterocycles. The third kappa shape index (κ3) is 9.61. The van der Waals surface area contributed by atoms with Crippen LogP contribution >= 0.6 is 0 Å². The number of nitrogens with zero attached hydrogens (tertiary/aromatic N) is 4. The summed E-state index contributed by atoms with van der Waals surface area (Å²) < 4.78 is 13.9. The molecule has 5 heteroatoms. The van der Waals surface area contributed by atoms with Crippen molar-refractivity contribution >= 4 is 21.8 Å². The van der Waals surface area contributed by atoms with Gasteiger partial charge in [-0.15, -0.1) is 0 Å². The van der Waals surface area contributed by atoms with Gasteiger partial charge >= 0.3 is 0 Å². The Labute approximate surface area is 424 Å². The van der Waals surface area contributed by atoms with Gasteiger partial charge in [-0.3, -0.25) is 13.7 Å². The predicted octanol–water partition coefficient (Wildman–Crippen LogP) is 16.7. The summed E-state index contributed by atoms with van der Waals surface area (Å²) in [5, 5.41) is 2.36. The molecule has 0 radical (unpaired) electrons. The van der Waals surface area contributed by atoms with Gasteiger partial charge in [0, 0.05) is 40.1 Å². The lowest BCUT2D eigenvalue weighted by Crippen LogP contribution is -2.31. The second-order valence-electron chi connectivity index (χ2n) is 25.0. The molecule has 6 aromatic carbocycles. The highest BCUT2D eigenvalue weighted by Gasteiger charge is 2.30. The summed E-state index contributed by atoms with van der Waals surface area (Å²) in [6.45, 7) is 36.6. The Morgan fingerprint density at radius 2 is 1.01 bits per heavy atom. The standard InChI is InChI=1S/C66H74N4O/c1-61(2,3)46-27-30-57-56(38-46)55-29-28-53(41-58(55)70(57)60-39-47(31-32-67-60)62(4,5)6)71-54-37-50(66(15,16)45-25-21-18-22-26-45)36-52(40-54)69-43-68(42-59(69)64(10,11)12)51-34-48(63(7,8)9)33-49(35-51)65(13,14)44-23-19-17-20-24-44/h17-42H,1-16H3. The highest BCUT2D eigenvalue weighted by atomic mass is 16.5. The second-order valence-corrected chi connectivity index (χ2v) is 25.0. The molecule has 0 saturated heterocycles. The predicted molar refractivity (Wildman–Crippen MR) is 297 cm³/mol. The molecule has 9 rings (SSSR count). The zero-order valence-corrected chi connectivity index (χ0v) is 45.2. The zero-order chi connectivity index (χ0) is 51.1. The van der Waals surface area contributed by atoms with E-state index in [0.29, 0.717) is 0 Å². The molecule has 0 fully saturated rings. The Balaban J connectivity index is 1.23. The summed E-state index contributed by atoms with van der Waals surface area (Å²) in [6.07, 6.45) is 8.11. The Hall–Kier alpha value is -6.72. The van der Waals surface area contributed by atoms with E-state index >= 15 is 0 Å². The fourth-order valence-corrected chi connectivity index (χ4v) is 9.87. The van der Waals surface area contributed by atoms with E-state index in [0.717, 1.165) is 56.4 Å². The maximum atomic E-state index is 7.16. The molecule has 0 bridgehead atoms. The third-order valence-electron chi connectivity index (χ3n) is 14.8. The first-order chi connectivity index (χ1) is 33.2. The van der Waals surface area contributed by atoms with Crippen LogP contribution in [0.4, 0.5) is 0 Å². The van der Waals surface area contributed by atoms with Crippen molar-refractivity contribution in [1.82, 2.24) is 14.1 Å². The van der Waals surface area contributed by atoms with Crippen LogP contribution in [0.25, 0.3) is 39.0 Å². The van der Waals surface area contributed by atoms with Crippen molar-refractivity contribution < 1.29 is 9.30 Å². The van der Waals surface area contributed by atoms with Gasteiger partial charge in [-0.25, -0.2) is 4.98 Å². The summed E-state index contributed by atoms with van der Waals surface area (Å²) in [5.41, 5.74) is 13.2. The normalized spacial score (nSPS) is 13.1. The van der Waals surface area contributed by atoms with Gasteiger partial charge in [0.25, 0.3) is 6.33 Å². The molecule has 3 heterocycles. The molecule has 364 valence electrons. The summed E-state index contributed by atoms with van der Waals surface area (Å²) in [6, 6.07) is 53.3. The van der Waals surface area contributed by atoms with E-state index in [4.69, 9.17) is 9.72 Å². The molecular formula is C66H74N4O. The Bertz CT molecular complexity index is 3410. The molecule has 0 atom stereocenters. The highest BCUT2D eigenvalue weighted by Crippen LogP contribution is 2.42. The van der Waals surface area contributed by atoms with Gasteiger partial charge in [0.05, 0.1) is 28.1 Å². The minimum absolute atomic E-state index is 0.00568. The second kappa shape index (κ2) is 17.5. The van der Waals surface area contributed by atoms with E-state index in [9.17, 15) is 0 Å². The van der Waals surface area contributed by atoms with Crippen molar-refractivity contribution in [2.75, 3.05) is 0 Å². The van der Waals surface area contributed by atoms with Crippen molar-refractivity contribution in [3.8, 4) is 28.7 Å². The maximum Gasteiger partial charge on any atom is 0.269 e. The Morgan fingerprint density at radius 1 is 0.437 bits per heavy atom. The van der Waals surface area contributed by atoms with Crippen LogP contribution in [0.5, 0.6) is 11.5 Å². The van der Waals surface area contributed by atoms with Crippen LogP contribution in [-0.4, -0.2) is 14.1 Å². The van der Waals surface area contributed by atoms with Gasteiger partial charge in [0.15, 0.2) is 0 Å². The number of hydrogen-bond acceptors (Lipinski definition) is 2. The minimum Gasteiger partial charge on any atom is -0.458 e. The van der Waals surface area contributed by atoms with Crippen LogP contribution in [0.15, 0.2) is 158 Å². The molecule has 5 nitrogen and oxygen atoms in total. The van der Waals surface area contributed by atoms with E-state index in [1.54, 1.807) is 0 Å². The van der Waals surface area contributed by atoms with Crippen LogP contribution in [0.2, 0.25) is 0 Å². The van der Waals surface area contributed by atoms with E-state index in [-0.39, 0.29) is 32.5 Å². The Morgan fingerprint density at radius 3 is 1.61 bits per heavy atom. The lowest BCUT2D eigenvalue weighted by atomic mass is 9.75. The van der Waals surface area contributed by atoms with Gasteiger partial charge in [-0.1, -0.05) is 184 Å². The molecule has 0 amide bonds. The topological polar surface area (TPSA) is 35.9 Å². The summed E-state index contributed by atoms with van der Waals surface area (Å²) in [4.78, 5) is 5.01. The van der Waals surface area contributed by atoms with Gasteiger partial charge in [0.1, 0.15) is 17.3 Å². The van der Waals surface area contributed by atoms with Crippen LogP contribution in [0.3, 0.4) is 0 Å². The first-order valence-corrected chi connectivity index (χ1v) is 25.4. The number of fused-ring (bicyclic) bond motifs is 3. The smallest absolute Gasteiger partial charge is 0.269 e. The Kier molecular flexibility index (Phi) is 12.2. The number of rotatable bonds is 9. The van der Waals surface area contributed by atoms with Crippen molar-refractivity contribution in [2.45, 2.75) is 143 Å². The summed E-state index contributed by atoms with van der Waals surface area (Å²) in [5.74, 6) is 2.39. The molecule has 0 aliphatic rings. The number of ether oxygens (including phenoxy) is 1. The van der Waals surface area contributed by atoms with E-state index in [1.165, 1.54) is 38.8 Å². The van der Waals surface area contributed by atoms with Gasteiger partial charge in [-0.2, -0.15) is 0 Å². The van der Waals surface area contributed by atoms with Crippen molar-refractivity contribution in [3.63, 3.8) is 0 Å². The molecule has 9 aromatic rings. The van der Waals surface area contributed by atoms with Gasteiger partial charge in [-0.05, 0) is 127 Å². The van der Waals surface area contributed by atoms with Crippen LogP contribution in [0, 0.1) is 6.33 Å². The number of hydrogen-bond donors (Lipinski definition) is 0. The van der Waals surface area contributed by atoms with Crippen LogP contribution in [0.1, 0.15) is 155 Å². The average Bonchev–Trinajstić information content (AvgIpc) is 3.92. The zero-order valence-electron chi connectivity index (χ0n) is 45.2. The highest BCUT2D eigenvalue weighted by molar-refractivity contribution is 6.09. The first-order valence-electron chi connectivity index (χ1n) is 25.4. The number of imidazole rings is 1. The van der Waals surface area contributed by atoms with Crippen molar-refractivity contribution in [2.24, 2.45) is 0 Å². The number of benzene rings is 6. The SMILES string of the molecule is CC(C)(C)c1cc(-[n+]2[c-]n(-c3cc(Oc4ccc5c6cc(C(C)(C)C)ccc6n(-c6cc(C(C)(C)C)ccn6)c5c4)cc(C(C)(C)c4ccccc4)c3)c(C(C)(C)C)c2)cc(C(C)(C)c2ccccc2)c1. The van der Waals surface area contributed by atoms with Crippen molar-refractivity contribution in [3.05, 3.63) is 209 Å². The molecule has 0 aliphatic carbocycles. The van der Waals surface area contributed by atoms with Crippen LogP contribution in [-0.2, 0) is 32.5 Å². The summed E-state index contributed by atoms with van der Waals surface area (Å²) in [7, 11) is 0. The molecule has 0 spiro atoms. The molecule has 71 heavy (non-hydrogen) atoms. The summed E-state index contributed by atoms with van der Waals surface area (Å²) >= 11 is 0. The average molecular weight is 939 g/mol. The molecule has 0 saturated carbocycles. The third-order valence-corrected chi connectivity index (χ3v) is 14.8. The lowest BCUT2D eigenvalue weighted by Gasteiger charge is -2.30. The first kappa shape index (κ1) is 49.3. The number of pyridine rings is 1. The molecule has 0 unspecified atom stereocenters. The number of aromatic nitrogens is 4. The molecular weight excluding hydrogens is 865 g/mol. The van der Waals surface area contributed by atoms with E-state index < -0.39 is 0 Å². The van der Waals surface area contributed by atoms with Crippen molar-refractivity contribution in [1.29, 1.82) is 0 Å². The molecule has 3 aromatic heterocycles. The minimum atomic E-state index is -0.357. The van der Waals surface area contributed by atoms with Crippen LogP contribution < -0.4 is 9.30 Å². The maximum absolute atomic E-state index is 7.16.